The smallest absolute Gasteiger partial charge is 0.341 e. The van der Waals surface area contributed by atoms with E-state index in [1.165, 1.54) is 9.78 Å². The van der Waals surface area contributed by atoms with Crippen molar-refractivity contribution >= 4 is 45.0 Å². The number of quaternary nitrogens is 1. The molecule has 0 radical (unpaired) electrons. The van der Waals surface area contributed by atoms with Crippen LogP contribution in [0.4, 0.5) is 16.6 Å². The van der Waals surface area contributed by atoms with Crippen LogP contribution in [0, 0.1) is 0 Å². The third-order valence-corrected chi connectivity index (χ3v) is 7.88. The molecule has 3 aromatic rings. The van der Waals surface area contributed by atoms with Gasteiger partial charge in [-0.1, -0.05) is 12.1 Å². The summed E-state index contributed by atoms with van der Waals surface area (Å²) in [6, 6.07) is 7.89. The van der Waals surface area contributed by atoms with Gasteiger partial charge in [-0.2, -0.15) is 0 Å². The molecule has 9 heteroatoms. The van der Waals surface area contributed by atoms with Gasteiger partial charge in [-0.3, -0.25) is 0 Å². The molecule has 0 spiro atoms. The number of thiophene rings is 1. The Balaban J connectivity index is 1.53. The fourth-order valence-corrected chi connectivity index (χ4v) is 6.20. The van der Waals surface area contributed by atoms with Crippen LogP contribution in [0.5, 0.6) is 0 Å². The van der Waals surface area contributed by atoms with Gasteiger partial charge in [0, 0.05) is 4.88 Å². The lowest BCUT2D eigenvalue weighted by molar-refractivity contribution is -0.900. The second kappa shape index (κ2) is 10.2. The lowest BCUT2D eigenvalue weighted by Crippen LogP contribution is -3.15. The average Bonchev–Trinajstić information content (AvgIpc) is 3.22. The number of hydrogen-bond acceptors (Lipinski definition) is 8. The molecule has 0 amide bonds. The third-order valence-electron chi connectivity index (χ3n) is 6.67. The van der Waals surface area contributed by atoms with Gasteiger partial charge in [0.2, 0.25) is 0 Å². The molecule has 180 valence electrons. The van der Waals surface area contributed by atoms with Crippen molar-refractivity contribution in [3.63, 3.8) is 0 Å². The Morgan fingerprint density at radius 3 is 2.65 bits per heavy atom. The number of carbonyl (C=O) groups excluding carboxylic acids is 1. The van der Waals surface area contributed by atoms with E-state index in [0.717, 1.165) is 85.8 Å². The summed E-state index contributed by atoms with van der Waals surface area (Å²) in [5, 5.41) is 13.6. The summed E-state index contributed by atoms with van der Waals surface area (Å²) in [4.78, 5) is 27.8. The topological polar surface area (TPSA) is 92.0 Å². The zero-order chi connectivity index (χ0) is 23.5. The number of aliphatic hydroxyl groups excluding tert-OH is 1. The summed E-state index contributed by atoms with van der Waals surface area (Å²) in [5.74, 6) is 1.22. The van der Waals surface area contributed by atoms with Crippen molar-refractivity contribution < 1.29 is 19.5 Å². The van der Waals surface area contributed by atoms with E-state index in [-0.39, 0.29) is 12.6 Å². The van der Waals surface area contributed by atoms with Crippen molar-refractivity contribution in [2.75, 3.05) is 56.2 Å². The third kappa shape index (κ3) is 4.60. The van der Waals surface area contributed by atoms with Crippen LogP contribution >= 0.6 is 11.3 Å². The molecule has 0 saturated carbocycles. The van der Waals surface area contributed by atoms with Crippen LogP contribution in [-0.2, 0) is 17.6 Å². The van der Waals surface area contributed by atoms with E-state index in [1.807, 2.05) is 31.2 Å². The Bertz CT molecular complexity index is 1170. The second-order valence-electron chi connectivity index (χ2n) is 8.86. The van der Waals surface area contributed by atoms with E-state index in [9.17, 15) is 9.90 Å². The van der Waals surface area contributed by atoms with E-state index < -0.39 is 0 Å². The summed E-state index contributed by atoms with van der Waals surface area (Å²) >= 11 is 1.65. The molecule has 1 aliphatic carbocycles. The number of aryl methyl sites for hydroxylation is 1. The number of anilines is 3. The number of benzene rings is 1. The van der Waals surface area contributed by atoms with Crippen LogP contribution in [0.2, 0.25) is 0 Å². The molecular formula is C25H32N5O3S+. The van der Waals surface area contributed by atoms with Gasteiger partial charge >= 0.3 is 5.97 Å². The molecule has 1 aliphatic heterocycles. The first-order valence-electron chi connectivity index (χ1n) is 12.2. The average molecular weight is 483 g/mol. The molecule has 8 nitrogen and oxygen atoms in total. The first-order chi connectivity index (χ1) is 16.7. The molecule has 1 saturated heterocycles. The van der Waals surface area contributed by atoms with Crippen molar-refractivity contribution in [2.45, 2.75) is 32.6 Å². The van der Waals surface area contributed by atoms with E-state index in [0.29, 0.717) is 18.0 Å². The van der Waals surface area contributed by atoms with Crippen LogP contribution in [0.25, 0.3) is 11.0 Å². The number of hydrogen-bond donors (Lipinski definition) is 3. The van der Waals surface area contributed by atoms with Gasteiger partial charge in [-0.25, -0.2) is 14.8 Å². The van der Waals surface area contributed by atoms with Crippen LogP contribution in [0.1, 0.15) is 40.6 Å². The highest BCUT2D eigenvalue weighted by atomic mass is 32.1. The molecule has 2 aliphatic rings. The Labute approximate surface area is 203 Å². The summed E-state index contributed by atoms with van der Waals surface area (Å²) in [5.41, 5.74) is 3.47. The van der Waals surface area contributed by atoms with Crippen LogP contribution < -0.4 is 15.1 Å². The Kier molecular flexibility index (Phi) is 6.94. The van der Waals surface area contributed by atoms with Crippen molar-refractivity contribution in [2.24, 2.45) is 0 Å². The molecule has 5 rings (SSSR count). The number of aliphatic hydroxyl groups is 1. The lowest BCUT2D eigenvalue weighted by atomic mass is 9.95. The summed E-state index contributed by atoms with van der Waals surface area (Å²) in [6.07, 6.45) is 4.15. The van der Waals surface area contributed by atoms with Crippen LogP contribution in [0.3, 0.4) is 0 Å². The number of para-hydroxylation sites is 2. The molecule has 1 aromatic carbocycles. The van der Waals surface area contributed by atoms with Gasteiger partial charge in [0.15, 0.2) is 11.6 Å². The number of rotatable bonds is 7. The minimum Gasteiger partial charge on any atom is -0.462 e. The zero-order valence-corrected chi connectivity index (χ0v) is 20.4. The molecule has 1 fully saturated rings. The Morgan fingerprint density at radius 2 is 1.91 bits per heavy atom. The van der Waals surface area contributed by atoms with Crippen LogP contribution in [0.15, 0.2) is 24.3 Å². The minimum atomic E-state index is -0.263. The Hall–Kier alpha value is -2.75. The molecular weight excluding hydrogens is 450 g/mol. The molecule has 2 aromatic heterocycles. The zero-order valence-electron chi connectivity index (χ0n) is 19.6. The van der Waals surface area contributed by atoms with Gasteiger partial charge in [0.25, 0.3) is 0 Å². The van der Waals surface area contributed by atoms with Gasteiger partial charge in [0.05, 0.1) is 56.0 Å². The first-order valence-corrected chi connectivity index (χ1v) is 13.0. The van der Waals surface area contributed by atoms with E-state index in [4.69, 9.17) is 14.7 Å². The molecule has 3 heterocycles. The number of carbonyl (C=O) groups is 1. The highest BCUT2D eigenvalue weighted by molar-refractivity contribution is 7.16. The predicted molar refractivity (Wildman–Crippen MR) is 135 cm³/mol. The summed E-state index contributed by atoms with van der Waals surface area (Å²) < 4.78 is 5.44. The number of ether oxygens (including phenoxy) is 1. The van der Waals surface area contributed by atoms with Crippen LogP contribution in [-0.4, -0.2) is 67.0 Å². The first kappa shape index (κ1) is 23.0. The van der Waals surface area contributed by atoms with Gasteiger partial charge in [0.1, 0.15) is 11.5 Å². The highest BCUT2D eigenvalue weighted by Gasteiger charge is 2.29. The number of piperazine rings is 1. The van der Waals surface area contributed by atoms with E-state index in [2.05, 4.69) is 10.2 Å². The van der Waals surface area contributed by atoms with Gasteiger partial charge in [-0.05, 0) is 50.3 Å². The lowest BCUT2D eigenvalue weighted by Gasteiger charge is -2.33. The second-order valence-corrected chi connectivity index (χ2v) is 9.96. The van der Waals surface area contributed by atoms with Crippen molar-refractivity contribution in [1.82, 2.24) is 9.97 Å². The SMILES string of the molecule is CCOC(=O)c1c(Nc2nc3ccccc3nc2N2CC[NH+](CCO)CC2)sc2c1CCCC2. The fourth-order valence-electron chi connectivity index (χ4n) is 4.92. The monoisotopic (exact) mass is 482 g/mol. The fraction of sp³-hybridized carbons (Fsp3) is 0.480. The predicted octanol–water partition coefficient (Wildman–Crippen LogP) is 2.19. The maximum Gasteiger partial charge on any atom is 0.341 e. The van der Waals surface area contributed by atoms with Gasteiger partial charge in [-0.15, -0.1) is 11.3 Å². The van der Waals surface area contributed by atoms with E-state index >= 15 is 0 Å². The highest BCUT2D eigenvalue weighted by Crippen LogP contribution is 2.41. The molecule has 0 bridgehead atoms. The Morgan fingerprint density at radius 1 is 1.18 bits per heavy atom. The summed E-state index contributed by atoms with van der Waals surface area (Å²) in [7, 11) is 0. The standard InChI is InChI=1S/C25H31N5O3S/c1-2-33-25(32)21-17-7-3-6-10-20(17)34-24(21)28-22-23(27-19-9-5-4-8-18(19)26-22)30-13-11-29(12-14-30)15-16-31/h4-5,8-9,31H,2-3,6-7,10-16H2,1H3,(H,26,28)/p+1. The normalized spacial score (nSPS) is 16.5. The van der Waals surface area contributed by atoms with Gasteiger partial charge < -0.3 is 25.0 Å². The quantitative estimate of drug-likeness (QED) is 0.445. The largest absolute Gasteiger partial charge is 0.462 e. The van der Waals surface area contributed by atoms with Crippen molar-refractivity contribution in [3.8, 4) is 0 Å². The van der Waals surface area contributed by atoms with Crippen molar-refractivity contribution in [1.29, 1.82) is 0 Å². The minimum absolute atomic E-state index is 0.206. The number of aromatic nitrogens is 2. The molecule has 34 heavy (non-hydrogen) atoms. The maximum atomic E-state index is 13.0. The number of fused-ring (bicyclic) bond motifs is 2. The molecule has 3 N–H and O–H groups in total. The molecule has 0 atom stereocenters. The summed E-state index contributed by atoms with van der Waals surface area (Å²) in [6.45, 7) is 6.72. The maximum absolute atomic E-state index is 13.0. The van der Waals surface area contributed by atoms with E-state index in [1.54, 1.807) is 11.3 Å². The van der Waals surface area contributed by atoms with Crippen molar-refractivity contribution in [3.05, 3.63) is 40.3 Å². The number of nitrogens with one attached hydrogen (secondary N) is 2. The molecule has 0 unspecified atom stereocenters. The number of nitrogens with zero attached hydrogens (tertiary/aromatic N) is 3. The number of esters is 1.